The molecule has 1 aromatic heterocycles. The van der Waals surface area contributed by atoms with E-state index in [1.165, 1.54) is 15.3 Å². The molecule has 0 aromatic carbocycles. The Labute approximate surface area is 120 Å². The zero-order valence-electron chi connectivity index (χ0n) is 12.7. The summed E-state index contributed by atoms with van der Waals surface area (Å²) in [5.74, 6) is -0.0247. The number of amides is 1. The maximum Gasteiger partial charge on any atom is 0.224 e. The average molecular weight is 282 g/mol. The minimum atomic E-state index is -0.0952. The highest BCUT2D eigenvalue weighted by Gasteiger charge is 2.23. The van der Waals surface area contributed by atoms with Gasteiger partial charge in [-0.1, -0.05) is 20.8 Å². The lowest BCUT2D eigenvalue weighted by Crippen LogP contribution is -2.36. The summed E-state index contributed by atoms with van der Waals surface area (Å²) in [6.07, 6.45) is 0.817. The van der Waals surface area contributed by atoms with Crippen molar-refractivity contribution in [3.63, 3.8) is 0 Å². The van der Waals surface area contributed by atoms with Gasteiger partial charge in [-0.2, -0.15) is 0 Å². The molecule has 0 saturated heterocycles. The SMILES string of the molecule is Cc1cc(CNC(=O)C(CN)CC(C)(C)C)sc1C. The highest BCUT2D eigenvalue weighted by atomic mass is 32.1. The molecule has 0 aliphatic rings. The van der Waals surface area contributed by atoms with E-state index in [-0.39, 0.29) is 17.2 Å². The molecule has 1 heterocycles. The first-order valence-electron chi connectivity index (χ1n) is 6.76. The molecular formula is C15H26N2OS. The first-order chi connectivity index (χ1) is 8.73. The van der Waals surface area contributed by atoms with Crippen molar-refractivity contribution in [2.45, 2.75) is 47.6 Å². The van der Waals surface area contributed by atoms with Gasteiger partial charge in [0, 0.05) is 16.3 Å². The number of hydrogen-bond donors (Lipinski definition) is 2. The van der Waals surface area contributed by atoms with Crippen molar-refractivity contribution in [3.8, 4) is 0 Å². The summed E-state index contributed by atoms with van der Waals surface area (Å²) in [6.45, 7) is 11.6. The van der Waals surface area contributed by atoms with Gasteiger partial charge in [0.05, 0.1) is 12.5 Å². The predicted octanol–water partition coefficient (Wildman–Crippen LogP) is 2.99. The van der Waals surface area contributed by atoms with E-state index in [0.717, 1.165) is 6.42 Å². The second-order valence-electron chi connectivity index (χ2n) is 6.37. The van der Waals surface area contributed by atoms with Gasteiger partial charge in [0.25, 0.3) is 0 Å². The average Bonchev–Trinajstić information content (AvgIpc) is 2.61. The van der Waals surface area contributed by atoms with Crippen molar-refractivity contribution < 1.29 is 4.79 Å². The molecule has 0 fully saturated rings. The third-order valence-electron chi connectivity index (χ3n) is 3.17. The first-order valence-corrected chi connectivity index (χ1v) is 7.58. The fraction of sp³-hybridized carbons (Fsp3) is 0.667. The van der Waals surface area contributed by atoms with E-state index in [4.69, 9.17) is 5.73 Å². The molecular weight excluding hydrogens is 256 g/mol. The molecule has 0 saturated carbocycles. The number of nitrogens with two attached hydrogens (primary N) is 1. The second-order valence-corrected chi connectivity index (χ2v) is 7.71. The Kier molecular flexibility index (Phi) is 5.56. The van der Waals surface area contributed by atoms with Gasteiger partial charge in [-0.15, -0.1) is 11.3 Å². The smallest absolute Gasteiger partial charge is 0.224 e. The molecule has 3 N–H and O–H groups in total. The monoisotopic (exact) mass is 282 g/mol. The number of rotatable bonds is 5. The molecule has 0 aliphatic heterocycles. The van der Waals surface area contributed by atoms with Crippen LogP contribution in [0.4, 0.5) is 0 Å². The number of carbonyl (C=O) groups is 1. The van der Waals surface area contributed by atoms with Gasteiger partial charge >= 0.3 is 0 Å². The summed E-state index contributed by atoms with van der Waals surface area (Å²) in [4.78, 5) is 14.6. The Morgan fingerprint density at radius 1 is 1.42 bits per heavy atom. The Morgan fingerprint density at radius 3 is 2.47 bits per heavy atom. The van der Waals surface area contributed by atoms with Gasteiger partial charge in [0.2, 0.25) is 5.91 Å². The van der Waals surface area contributed by atoms with Crippen LogP contribution in [-0.2, 0) is 11.3 Å². The van der Waals surface area contributed by atoms with Crippen LogP contribution in [0.1, 0.15) is 42.5 Å². The molecule has 3 nitrogen and oxygen atoms in total. The fourth-order valence-electron chi connectivity index (χ4n) is 2.08. The van der Waals surface area contributed by atoms with Crippen molar-refractivity contribution in [2.75, 3.05) is 6.54 Å². The topological polar surface area (TPSA) is 55.1 Å². The van der Waals surface area contributed by atoms with Crippen LogP contribution in [0.2, 0.25) is 0 Å². The minimum Gasteiger partial charge on any atom is -0.351 e. The van der Waals surface area contributed by atoms with Crippen molar-refractivity contribution in [1.82, 2.24) is 5.32 Å². The van der Waals surface area contributed by atoms with Gasteiger partial charge in [-0.3, -0.25) is 4.79 Å². The van der Waals surface area contributed by atoms with Crippen LogP contribution in [0.25, 0.3) is 0 Å². The lowest BCUT2D eigenvalue weighted by molar-refractivity contribution is -0.125. The summed E-state index contributed by atoms with van der Waals surface area (Å²) in [5, 5.41) is 3.00. The van der Waals surface area contributed by atoms with Gasteiger partial charge in [0.15, 0.2) is 0 Å². The number of hydrogen-bond acceptors (Lipinski definition) is 3. The Balaban J connectivity index is 2.53. The molecule has 4 heteroatoms. The zero-order chi connectivity index (χ0) is 14.6. The summed E-state index contributed by atoms with van der Waals surface area (Å²) in [7, 11) is 0. The van der Waals surface area contributed by atoms with Gasteiger partial charge < -0.3 is 11.1 Å². The quantitative estimate of drug-likeness (QED) is 0.872. The summed E-state index contributed by atoms with van der Waals surface area (Å²) >= 11 is 1.74. The van der Waals surface area contributed by atoms with Crippen molar-refractivity contribution >= 4 is 17.2 Å². The molecule has 0 aliphatic carbocycles. The highest BCUT2D eigenvalue weighted by Crippen LogP contribution is 2.24. The van der Waals surface area contributed by atoms with Crippen molar-refractivity contribution in [1.29, 1.82) is 0 Å². The van der Waals surface area contributed by atoms with Crippen LogP contribution >= 0.6 is 11.3 Å². The normalized spacial score (nSPS) is 13.4. The van der Waals surface area contributed by atoms with Gasteiger partial charge in [0.1, 0.15) is 0 Å². The molecule has 1 amide bonds. The van der Waals surface area contributed by atoms with E-state index in [1.807, 2.05) is 0 Å². The third-order valence-corrected chi connectivity index (χ3v) is 4.32. The van der Waals surface area contributed by atoms with E-state index in [2.05, 4.69) is 46.0 Å². The zero-order valence-corrected chi connectivity index (χ0v) is 13.5. The molecule has 0 bridgehead atoms. The maximum absolute atomic E-state index is 12.1. The number of nitrogens with one attached hydrogen (secondary N) is 1. The standard InChI is InChI=1S/C15H26N2OS/c1-10-6-13(19-11(10)2)9-17-14(18)12(8-16)7-15(3,4)5/h6,12H,7-9,16H2,1-5H3,(H,17,18). The number of aryl methyl sites for hydroxylation is 2. The van der Waals surface area contributed by atoms with E-state index in [1.54, 1.807) is 11.3 Å². The lowest BCUT2D eigenvalue weighted by Gasteiger charge is -2.24. The molecule has 0 spiro atoms. The third kappa shape index (κ3) is 5.33. The fourth-order valence-corrected chi connectivity index (χ4v) is 3.07. The molecule has 1 rings (SSSR count). The van der Waals surface area contributed by atoms with Crippen LogP contribution < -0.4 is 11.1 Å². The van der Waals surface area contributed by atoms with Crippen LogP contribution in [0.15, 0.2) is 6.07 Å². The predicted molar refractivity (Wildman–Crippen MR) is 82.3 cm³/mol. The number of carbonyl (C=O) groups excluding carboxylic acids is 1. The molecule has 19 heavy (non-hydrogen) atoms. The Bertz CT molecular complexity index is 412. The van der Waals surface area contributed by atoms with E-state index < -0.39 is 0 Å². The molecule has 108 valence electrons. The van der Waals surface area contributed by atoms with Gasteiger partial charge in [-0.25, -0.2) is 0 Å². The van der Waals surface area contributed by atoms with E-state index >= 15 is 0 Å². The largest absolute Gasteiger partial charge is 0.351 e. The van der Waals surface area contributed by atoms with E-state index in [0.29, 0.717) is 13.1 Å². The lowest BCUT2D eigenvalue weighted by atomic mass is 9.84. The molecule has 1 atom stereocenters. The molecule has 1 aromatic rings. The summed E-state index contributed by atoms with van der Waals surface area (Å²) in [5.41, 5.74) is 7.13. The highest BCUT2D eigenvalue weighted by molar-refractivity contribution is 7.12. The van der Waals surface area contributed by atoms with Crippen molar-refractivity contribution in [2.24, 2.45) is 17.1 Å². The van der Waals surface area contributed by atoms with Crippen LogP contribution in [0.5, 0.6) is 0 Å². The Morgan fingerprint density at radius 2 is 2.05 bits per heavy atom. The maximum atomic E-state index is 12.1. The second kappa shape index (κ2) is 6.53. The Hall–Kier alpha value is -0.870. The van der Waals surface area contributed by atoms with Gasteiger partial charge in [-0.05, 0) is 37.3 Å². The van der Waals surface area contributed by atoms with Crippen LogP contribution in [0, 0.1) is 25.2 Å². The summed E-state index contributed by atoms with van der Waals surface area (Å²) < 4.78 is 0. The van der Waals surface area contributed by atoms with Crippen LogP contribution in [-0.4, -0.2) is 12.5 Å². The molecule has 1 unspecified atom stereocenters. The number of thiophene rings is 1. The first kappa shape index (κ1) is 16.2. The van der Waals surface area contributed by atoms with Crippen molar-refractivity contribution in [3.05, 3.63) is 21.4 Å². The van der Waals surface area contributed by atoms with E-state index in [9.17, 15) is 4.79 Å². The van der Waals surface area contributed by atoms with Crippen LogP contribution in [0.3, 0.4) is 0 Å². The summed E-state index contributed by atoms with van der Waals surface area (Å²) in [6, 6.07) is 2.14. The minimum absolute atomic E-state index is 0.0705. The molecule has 0 radical (unpaired) electrons.